The SMILES string of the molecule is CC.CCCC.CCCCC.CCCCCCC.CCCCOC1CCC(CC)CC1. The Hall–Kier alpha value is -0.0400. The van der Waals surface area contributed by atoms with Gasteiger partial charge in [0.15, 0.2) is 0 Å². The summed E-state index contributed by atoms with van der Waals surface area (Å²) in [7, 11) is 0. The second-order valence-electron chi connectivity index (χ2n) is 8.69. The Morgan fingerprint density at radius 3 is 1.19 bits per heavy atom. The minimum atomic E-state index is 0.592. The first kappa shape index (κ1) is 38.2. The molecule has 0 radical (unpaired) electrons. The van der Waals surface area contributed by atoms with E-state index in [0.717, 1.165) is 12.5 Å². The molecule has 0 bridgehead atoms. The third kappa shape index (κ3) is 40.8. The number of hydrogen-bond acceptors (Lipinski definition) is 1. The molecule has 0 spiro atoms. The molecule has 0 unspecified atom stereocenters. The van der Waals surface area contributed by atoms with Crippen LogP contribution in [-0.4, -0.2) is 12.7 Å². The summed E-state index contributed by atoms with van der Waals surface area (Å²) in [6.45, 7) is 22.8. The number of unbranched alkanes of at least 4 members (excludes halogenated alkanes) is 8. The fourth-order valence-electron chi connectivity index (χ4n) is 3.13. The minimum absolute atomic E-state index is 0.592. The molecule has 1 aliphatic rings. The zero-order valence-electron chi connectivity index (χ0n) is 24.3. The van der Waals surface area contributed by atoms with Crippen molar-refractivity contribution in [3.63, 3.8) is 0 Å². The lowest BCUT2D eigenvalue weighted by Gasteiger charge is -2.27. The molecule has 0 atom stereocenters. The van der Waals surface area contributed by atoms with E-state index in [1.807, 2.05) is 13.8 Å². The molecule has 0 heterocycles. The van der Waals surface area contributed by atoms with Gasteiger partial charge in [0.1, 0.15) is 0 Å². The maximum absolute atomic E-state index is 5.82. The summed E-state index contributed by atoms with van der Waals surface area (Å²) >= 11 is 0. The van der Waals surface area contributed by atoms with Crippen molar-refractivity contribution >= 4 is 0 Å². The predicted octanol–water partition coefficient (Wildman–Crippen LogP) is 11.8. The van der Waals surface area contributed by atoms with Gasteiger partial charge >= 0.3 is 0 Å². The van der Waals surface area contributed by atoms with Gasteiger partial charge in [-0.2, -0.15) is 0 Å². The summed E-state index contributed by atoms with van der Waals surface area (Å²) in [6.07, 6.45) is 23.6. The third-order valence-corrected chi connectivity index (χ3v) is 5.64. The van der Waals surface area contributed by atoms with Crippen molar-refractivity contribution in [2.75, 3.05) is 6.61 Å². The summed E-state index contributed by atoms with van der Waals surface area (Å²) in [6, 6.07) is 0. The van der Waals surface area contributed by atoms with Crippen LogP contribution in [0, 0.1) is 5.92 Å². The number of rotatable bonds is 12. The van der Waals surface area contributed by atoms with Crippen molar-refractivity contribution in [3.05, 3.63) is 0 Å². The number of hydrogen-bond donors (Lipinski definition) is 0. The molecule has 1 aliphatic carbocycles. The lowest BCUT2D eigenvalue weighted by Crippen LogP contribution is -2.21. The van der Waals surface area contributed by atoms with Crippen molar-refractivity contribution < 1.29 is 4.74 Å². The highest BCUT2D eigenvalue weighted by Crippen LogP contribution is 2.28. The fourth-order valence-corrected chi connectivity index (χ4v) is 3.13. The van der Waals surface area contributed by atoms with Crippen molar-refractivity contribution in [1.82, 2.24) is 0 Å². The van der Waals surface area contributed by atoms with E-state index in [4.69, 9.17) is 4.74 Å². The third-order valence-electron chi connectivity index (χ3n) is 5.64. The van der Waals surface area contributed by atoms with Crippen LogP contribution >= 0.6 is 0 Å². The van der Waals surface area contributed by atoms with Gasteiger partial charge in [-0.1, -0.05) is 146 Å². The van der Waals surface area contributed by atoms with Gasteiger partial charge in [-0.15, -0.1) is 0 Å². The van der Waals surface area contributed by atoms with Gasteiger partial charge in [-0.05, 0) is 38.0 Å². The molecule has 0 amide bonds. The molecular formula is C30H68O. The largest absolute Gasteiger partial charge is 0.378 e. The van der Waals surface area contributed by atoms with E-state index in [1.54, 1.807) is 0 Å². The molecule has 0 aromatic carbocycles. The van der Waals surface area contributed by atoms with Crippen LogP contribution in [0.15, 0.2) is 0 Å². The average Bonchev–Trinajstić information content (AvgIpc) is 2.83. The standard InChI is InChI=1S/C12H24O.C7H16.C5H12.C4H10.C2H6/c1-3-5-10-13-12-8-6-11(4-2)7-9-12;1-3-5-7-6-4-2;1-3-5-4-2;1-3-4-2;1-2/h11-12H,3-10H2,1-2H3;3-7H2,1-2H3;3-5H2,1-2H3;3-4H2,1-2H3;1-2H3. The van der Waals surface area contributed by atoms with Gasteiger partial charge in [-0.3, -0.25) is 0 Å². The molecule has 0 aromatic heterocycles. The lowest BCUT2D eigenvalue weighted by molar-refractivity contribution is 0.0164. The predicted molar refractivity (Wildman–Crippen MR) is 148 cm³/mol. The van der Waals surface area contributed by atoms with Crippen LogP contribution in [0.2, 0.25) is 0 Å². The first-order valence-corrected chi connectivity index (χ1v) is 14.7. The molecule has 31 heavy (non-hydrogen) atoms. The van der Waals surface area contributed by atoms with Gasteiger partial charge in [0.25, 0.3) is 0 Å². The Morgan fingerprint density at radius 2 is 0.903 bits per heavy atom. The van der Waals surface area contributed by atoms with Gasteiger partial charge in [-0.25, -0.2) is 0 Å². The van der Waals surface area contributed by atoms with Gasteiger partial charge in [0.2, 0.25) is 0 Å². The minimum Gasteiger partial charge on any atom is -0.378 e. The highest BCUT2D eigenvalue weighted by Gasteiger charge is 2.19. The van der Waals surface area contributed by atoms with Crippen LogP contribution in [0.3, 0.4) is 0 Å². The van der Waals surface area contributed by atoms with E-state index < -0.39 is 0 Å². The molecule has 1 heteroatoms. The topological polar surface area (TPSA) is 9.23 Å². The van der Waals surface area contributed by atoms with E-state index in [-0.39, 0.29) is 0 Å². The first-order chi connectivity index (χ1) is 15.1. The molecule has 0 N–H and O–H groups in total. The van der Waals surface area contributed by atoms with Gasteiger partial charge in [0.05, 0.1) is 6.10 Å². The van der Waals surface area contributed by atoms with E-state index in [1.165, 1.54) is 109 Å². The molecule has 0 aliphatic heterocycles. The number of ether oxygens (including phenoxy) is 1. The summed E-state index contributed by atoms with van der Waals surface area (Å²) < 4.78 is 5.82. The van der Waals surface area contributed by atoms with E-state index in [2.05, 4.69) is 55.4 Å². The van der Waals surface area contributed by atoms with E-state index in [0.29, 0.717) is 6.10 Å². The molecule has 1 fully saturated rings. The van der Waals surface area contributed by atoms with Crippen LogP contribution < -0.4 is 0 Å². The second kappa shape index (κ2) is 40.3. The molecular weight excluding hydrogens is 376 g/mol. The quantitative estimate of drug-likeness (QED) is 0.272. The van der Waals surface area contributed by atoms with Crippen LogP contribution in [0.1, 0.15) is 178 Å². The lowest BCUT2D eigenvalue weighted by atomic mass is 9.86. The highest BCUT2D eigenvalue weighted by molar-refractivity contribution is 4.71. The maximum Gasteiger partial charge on any atom is 0.0575 e. The van der Waals surface area contributed by atoms with Crippen molar-refractivity contribution in [2.24, 2.45) is 5.92 Å². The molecule has 1 rings (SSSR count). The van der Waals surface area contributed by atoms with Gasteiger partial charge < -0.3 is 4.74 Å². The smallest absolute Gasteiger partial charge is 0.0575 e. The summed E-state index contributed by atoms with van der Waals surface area (Å²) in [4.78, 5) is 0. The molecule has 0 saturated heterocycles. The average molecular weight is 445 g/mol. The normalized spacial score (nSPS) is 16.8. The Bertz CT molecular complexity index is 220. The van der Waals surface area contributed by atoms with Crippen LogP contribution in [0.25, 0.3) is 0 Å². The summed E-state index contributed by atoms with van der Waals surface area (Å²) in [5.41, 5.74) is 0. The fraction of sp³-hybridized carbons (Fsp3) is 1.00. The molecule has 1 nitrogen and oxygen atoms in total. The summed E-state index contributed by atoms with van der Waals surface area (Å²) in [5.74, 6) is 0.992. The van der Waals surface area contributed by atoms with Crippen LogP contribution in [0.5, 0.6) is 0 Å². The van der Waals surface area contributed by atoms with Crippen LogP contribution in [-0.2, 0) is 4.74 Å². The monoisotopic (exact) mass is 445 g/mol. The Balaban J connectivity index is -0.000000172. The highest BCUT2D eigenvalue weighted by atomic mass is 16.5. The van der Waals surface area contributed by atoms with Gasteiger partial charge in [0, 0.05) is 6.61 Å². The molecule has 1 saturated carbocycles. The zero-order chi connectivity index (χ0) is 24.6. The first-order valence-electron chi connectivity index (χ1n) is 14.7. The van der Waals surface area contributed by atoms with E-state index >= 15 is 0 Å². The Kier molecular flexibility index (Phi) is 49.7. The summed E-state index contributed by atoms with van der Waals surface area (Å²) in [5, 5.41) is 0. The van der Waals surface area contributed by atoms with Crippen molar-refractivity contribution in [2.45, 2.75) is 184 Å². The van der Waals surface area contributed by atoms with Crippen molar-refractivity contribution in [1.29, 1.82) is 0 Å². The zero-order valence-corrected chi connectivity index (χ0v) is 24.3. The Morgan fingerprint density at radius 1 is 0.484 bits per heavy atom. The van der Waals surface area contributed by atoms with Crippen LogP contribution in [0.4, 0.5) is 0 Å². The Labute approximate surface area is 201 Å². The maximum atomic E-state index is 5.82. The molecule has 0 aromatic rings. The van der Waals surface area contributed by atoms with E-state index in [9.17, 15) is 0 Å². The van der Waals surface area contributed by atoms with Crippen molar-refractivity contribution in [3.8, 4) is 0 Å². The second-order valence-corrected chi connectivity index (χ2v) is 8.69. The molecule has 194 valence electrons.